The molecule has 3 heterocycles. The van der Waals surface area contributed by atoms with Gasteiger partial charge in [0.1, 0.15) is 5.69 Å². The van der Waals surface area contributed by atoms with Gasteiger partial charge in [0, 0.05) is 17.6 Å². The van der Waals surface area contributed by atoms with Gasteiger partial charge in [0.25, 0.3) is 5.91 Å². The molecule has 1 fully saturated rings. The number of thiophene rings is 1. The molecule has 1 aliphatic rings. The molecule has 4 nitrogen and oxygen atoms in total. The summed E-state index contributed by atoms with van der Waals surface area (Å²) in [7, 11) is 0. The van der Waals surface area contributed by atoms with Gasteiger partial charge in [0.2, 0.25) is 0 Å². The average molecular weight is 340 g/mol. The monoisotopic (exact) mass is 339 g/mol. The SMILES string of the molecule is Cl.O=C(NCCC1CCNC1)c1cccn1Cc1cccs1. The maximum atomic E-state index is 12.3. The van der Waals surface area contributed by atoms with Crippen molar-refractivity contribution in [2.24, 2.45) is 5.92 Å². The van der Waals surface area contributed by atoms with Crippen molar-refractivity contribution in [2.45, 2.75) is 19.4 Å². The lowest BCUT2D eigenvalue weighted by Gasteiger charge is -2.11. The van der Waals surface area contributed by atoms with Gasteiger partial charge in [0.15, 0.2) is 0 Å². The summed E-state index contributed by atoms with van der Waals surface area (Å²) >= 11 is 1.72. The summed E-state index contributed by atoms with van der Waals surface area (Å²) in [5.41, 5.74) is 0.743. The van der Waals surface area contributed by atoms with Gasteiger partial charge in [-0.1, -0.05) is 6.07 Å². The van der Waals surface area contributed by atoms with Crippen LogP contribution < -0.4 is 10.6 Å². The van der Waals surface area contributed by atoms with E-state index in [-0.39, 0.29) is 18.3 Å². The van der Waals surface area contributed by atoms with Gasteiger partial charge in [-0.25, -0.2) is 0 Å². The van der Waals surface area contributed by atoms with Crippen molar-refractivity contribution in [2.75, 3.05) is 19.6 Å². The van der Waals surface area contributed by atoms with E-state index in [0.717, 1.165) is 38.3 Å². The van der Waals surface area contributed by atoms with Gasteiger partial charge in [-0.2, -0.15) is 0 Å². The van der Waals surface area contributed by atoms with Crippen LogP contribution in [0.2, 0.25) is 0 Å². The molecule has 6 heteroatoms. The molecule has 1 atom stereocenters. The fraction of sp³-hybridized carbons (Fsp3) is 0.438. The molecule has 120 valence electrons. The first-order chi connectivity index (χ1) is 10.3. The third-order valence-corrected chi connectivity index (χ3v) is 4.83. The first-order valence-electron chi connectivity index (χ1n) is 7.49. The van der Waals surface area contributed by atoms with Gasteiger partial charge >= 0.3 is 0 Å². The zero-order chi connectivity index (χ0) is 14.5. The van der Waals surface area contributed by atoms with Crippen molar-refractivity contribution in [3.05, 3.63) is 46.4 Å². The number of carbonyl (C=O) groups is 1. The van der Waals surface area contributed by atoms with Crippen LogP contribution in [0, 0.1) is 5.92 Å². The van der Waals surface area contributed by atoms with E-state index in [0.29, 0.717) is 5.92 Å². The first-order valence-corrected chi connectivity index (χ1v) is 8.37. The van der Waals surface area contributed by atoms with Crippen LogP contribution in [0.25, 0.3) is 0 Å². The molecule has 2 N–H and O–H groups in total. The summed E-state index contributed by atoms with van der Waals surface area (Å²) in [5, 5.41) is 8.47. The van der Waals surface area contributed by atoms with Crippen LogP contribution in [0.1, 0.15) is 28.2 Å². The third-order valence-electron chi connectivity index (χ3n) is 3.97. The Bertz CT molecular complexity index is 576. The van der Waals surface area contributed by atoms with Crippen LogP contribution in [-0.4, -0.2) is 30.1 Å². The molecular weight excluding hydrogens is 318 g/mol. The number of aromatic nitrogens is 1. The molecule has 0 bridgehead atoms. The largest absolute Gasteiger partial charge is 0.351 e. The van der Waals surface area contributed by atoms with E-state index < -0.39 is 0 Å². The number of nitrogens with zero attached hydrogens (tertiary/aromatic N) is 1. The molecule has 0 aromatic carbocycles. The number of nitrogens with one attached hydrogen (secondary N) is 2. The lowest BCUT2D eigenvalue weighted by atomic mass is 10.1. The minimum atomic E-state index is 0. The van der Waals surface area contributed by atoms with Crippen LogP contribution >= 0.6 is 23.7 Å². The number of halogens is 1. The minimum Gasteiger partial charge on any atom is -0.351 e. The van der Waals surface area contributed by atoms with Crippen molar-refractivity contribution >= 4 is 29.7 Å². The average Bonchev–Trinajstić information content (AvgIpc) is 3.20. The van der Waals surface area contributed by atoms with Crippen LogP contribution in [-0.2, 0) is 6.54 Å². The van der Waals surface area contributed by atoms with Gasteiger partial charge < -0.3 is 15.2 Å². The topological polar surface area (TPSA) is 46.1 Å². The Labute approximate surface area is 141 Å². The molecule has 22 heavy (non-hydrogen) atoms. The predicted molar refractivity (Wildman–Crippen MR) is 93.0 cm³/mol. The summed E-state index contributed by atoms with van der Waals surface area (Å²) < 4.78 is 2.01. The standard InChI is InChI=1S/C16H21N3OS.ClH/c20-16(18-8-6-13-5-7-17-11-13)15-4-1-9-19(15)12-14-3-2-10-21-14;/h1-4,9-10,13,17H,5-8,11-12H2,(H,18,20);1H. The molecule has 3 rings (SSSR count). The lowest BCUT2D eigenvalue weighted by molar-refractivity contribution is 0.0943. The van der Waals surface area contributed by atoms with Crippen molar-refractivity contribution in [3.63, 3.8) is 0 Å². The third kappa shape index (κ3) is 4.35. The van der Waals surface area contributed by atoms with Crippen molar-refractivity contribution in [1.82, 2.24) is 15.2 Å². The molecule has 1 saturated heterocycles. The zero-order valence-electron chi connectivity index (χ0n) is 12.5. The molecular formula is C16H22ClN3OS. The predicted octanol–water partition coefficient (Wildman–Crippen LogP) is 2.75. The van der Waals surface area contributed by atoms with Gasteiger partial charge in [0.05, 0.1) is 6.54 Å². The van der Waals surface area contributed by atoms with E-state index in [1.807, 2.05) is 29.0 Å². The van der Waals surface area contributed by atoms with E-state index in [9.17, 15) is 4.79 Å². The summed E-state index contributed by atoms with van der Waals surface area (Å²) in [6, 6.07) is 7.96. The second-order valence-corrected chi connectivity index (χ2v) is 6.54. The molecule has 1 unspecified atom stereocenters. The Morgan fingerprint density at radius 2 is 2.32 bits per heavy atom. The van der Waals surface area contributed by atoms with Crippen LogP contribution in [0.4, 0.5) is 0 Å². The fourth-order valence-electron chi connectivity index (χ4n) is 2.77. The Hall–Kier alpha value is -1.30. The van der Waals surface area contributed by atoms with E-state index in [1.54, 1.807) is 11.3 Å². The summed E-state index contributed by atoms with van der Waals surface area (Å²) in [4.78, 5) is 13.5. The highest BCUT2D eigenvalue weighted by Crippen LogP contribution is 2.14. The quantitative estimate of drug-likeness (QED) is 0.850. The molecule has 2 aromatic heterocycles. The molecule has 1 aliphatic heterocycles. The van der Waals surface area contributed by atoms with Crippen LogP contribution in [0.3, 0.4) is 0 Å². The van der Waals surface area contributed by atoms with E-state index in [4.69, 9.17) is 0 Å². The number of hydrogen-bond acceptors (Lipinski definition) is 3. The van der Waals surface area contributed by atoms with E-state index in [1.165, 1.54) is 11.3 Å². The Morgan fingerprint density at radius 3 is 3.05 bits per heavy atom. The number of rotatable bonds is 6. The Balaban J connectivity index is 0.00000176. The van der Waals surface area contributed by atoms with E-state index >= 15 is 0 Å². The summed E-state index contributed by atoms with van der Waals surface area (Å²) in [6.07, 6.45) is 4.25. The van der Waals surface area contributed by atoms with Crippen molar-refractivity contribution < 1.29 is 4.79 Å². The van der Waals surface area contributed by atoms with E-state index in [2.05, 4.69) is 22.1 Å². The van der Waals surface area contributed by atoms with Gasteiger partial charge in [-0.15, -0.1) is 23.7 Å². The number of amides is 1. The first kappa shape index (κ1) is 17.1. The fourth-order valence-corrected chi connectivity index (χ4v) is 3.47. The van der Waals surface area contributed by atoms with Crippen molar-refractivity contribution in [3.8, 4) is 0 Å². The minimum absolute atomic E-state index is 0. The normalized spacial score (nSPS) is 17.2. The molecule has 0 spiro atoms. The summed E-state index contributed by atoms with van der Waals surface area (Å²) in [6.45, 7) is 3.72. The van der Waals surface area contributed by atoms with Crippen molar-refractivity contribution in [1.29, 1.82) is 0 Å². The highest BCUT2D eigenvalue weighted by molar-refractivity contribution is 7.09. The summed E-state index contributed by atoms with van der Waals surface area (Å²) in [5.74, 6) is 0.741. The molecule has 1 amide bonds. The maximum absolute atomic E-state index is 12.3. The second-order valence-electron chi connectivity index (χ2n) is 5.50. The highest BCUT2D eigenvalue weighted by Gasteiger charge is 2.15. The number of hydrogen-bond donors (Lipinski definition) is 2. The molecule has 2 aromatic rings. The smallest absolute Gasteiger partial charge is 0.267 e. The molecule has 0 aliphatic carbocycles. The van der Waals surface area contributed by atoms with Crippen LogP contribution in [0.5, 0.6) is 0 Å². The zero-order valence-corrected chi connectivity index (χ0v) is 14.1. The highest BCUT2D eigenvalue weighted by atomic mass is 35.5. The Kier molecular flexibility index (Phi) is 6.49. The second kappa shape index (κ2) is 8.36. The molecule has 0 radical (unpaired) electrons. The van der Waals surface area contributed by atoms with Gasteiger partial charge in [-0.3, -0.25) is 4.79 Å². The Morgan fingerprint density at radius 1 is 1.41 bits per heavy atom. The van der Waals surface area contributed by atoms with Crippen LogP contribution in [0.15, 0.2) is 35.8 Å². The lowest BCUT2D eigenvalue weighted by Crippen LogP contribution is -2.28. The maximum Gasteiger partial charge on any atom is 0.267 e. The molecule has 0 saturated carbocycles. The van der Waals surface area contributed by atoms with Gasteiger partial charge in [-0.05, 0) is 55.4 Å². The number of carbonyl (C=O) groups excluding carboxylic acids is 1.